The van der Waals surface area contributed by atoms with Crippen LogP contribution in [0.5, 0.6) is 0 Å². The van der Waals surface area contributed by atoms with Gasteiger partial charge in [-0.2, -0.15) is 0 Å². The predicted molar refractivity (Wildman–Crippen MR) is 109 cm³/mol. The van der Waals surface area contributed by atoms with Gasteiger partial charge in [0.05, 0.1) is 0 Å². The third-order valence-electron chi connectivity index (χ3n) is 3.17. The number of nitrogens with one attached hydrogen (secondary N) is 3. The van der Waals surface area contributed by atoms with Crippen molar-refractivity contribution >= 4 is 41.5 Å². The number of guanidine groups is 1. The number of anilines is 1. The molecule has 0 aliphatic heterocycles. The van der Waals surface area contributed by atoms with E-state index in [1.807, 2.05) is 25.1 Å². The summed E-state index contributed by atoms with van der Waals surface area (Å²) in [5, 5.41) is 9.24. The van der Waals surface area contributed by atoms with Gasteiger partial charge in [-0.1, -0.05) is 32.4 Å². The molecule has 1 amide bonds. The summed E-state index contributed by atoms with van der Waals surface area (Å²) in [6.45, 7) is 7.99. The van der Waals surface area contributed by atoms with Gasteiger partial charge in [-0.15, -0.1) is 24.0 Å². The third-order valence-corrected chi connectivity index (χ3v) is 3.17. The average molecular weight is 432 g/mol. The smallest absolute Gasteiger partial charge is 0.246 e. The van der Waals surface area contributed by atoms with Crippen LogP contribution in [0.15, 0.2) is 29.3 Å². The number of aliphatic imine (C=N–C) groups is 1. The van der Waals surface area contributed by atoms with Crippen molar-refractivity contribution in [1.29, 1.82) is 0 Å². The molecular weight excluding hydrogens is 403 g/mol. The fourth-order valence-corrected chi connectivity index (χ4v) is 1.95. The molecule has 0 aliphatic rings. The molecule has 0 atom stereocenters. The summed E-state index contributed by atoms with van der Waals surface area (Å²) in [6.07, 6.45) is 3.16. The first kappa shape index (κ1) is 21.7. The highest BCUT2D eigenvalue weighted by Gasteiger charge is 2.03. The van der Waals surface area contributed by atoms with Gasteiger partial charge in [-0.3, -0.25) is 4.79 Å². The molecule has 3 N–H and O–H groups in total. The van der Waals surface area contributed by atoms with Gasteiger partial charge in [0.15, 0.2) is 5.96 Å². The van der Waals surface area contributed by atoms with E-state index in [1.54, 1.807) is 0 Å². The van der Waals surface area contributed by atoms with Crippen molar-refractivity contribution in [2.24, 2.45) is 4.99 Å². The highest BCUT2D eigenvalue weighted by Crippen LogP contribution is 2.10. The van der Waals surface area contributed by atoms with E-state index in [2.05, 4.69) is 40.9 Å². The average Bonchev–Trinajstić information content (AvgIpc) is 2.53. The number of amides is 1. The van der Waals surface area contributed by atoms with Crippen molar-refractivity contribution in [2.45, 2.75) is 40.0 Å². The van der Waals surface area contributed by atoms with Gasteiger partial charge in [-0.05, 0) is 37.5 Å². The Hall–Kier alpha value is -1.31. The lowest BCUT2D eigenvalue weighted by Crippen LogP contribution is -2.38. The lowest BCUT2D eigenvalue weighted by atomic mass is 10.1. The Kier molecular flexibility index (Phi) is 12.4. The fourth-order valence-electron chi connectivity index (χ4n) is 1.95. The first-order chi connectivity index (χ1) is 10.7. The molecule has 0 radical (unpaired) electrons. The predicted octanol–water partition coefficient (Wildman–Crippen LogP) is 3.16. The summed E-state index contributed by atoms with van der Waals surface area (Å²) in [4.78, 5) is 16.3. The van der Waals surface area contributed by atoms with Gasteiger partial charge < -0.3 is 16.0 Å². The monoisotopic (exact) mass is 432 g/mol. The molecule has 0 bridgehead atoms. The molecule has 1 aromatic carbocycles. The Morgan fingerprint density at radius 2 is 1.96 bits per heavy atom. The Morgan fingerprint density at radius 1 is 1.17 bits per heavy atom. The van der Waals surface area contributed by atoms with E-state index in [-0.39, 0.29) is 36.4 Å². The molecule has 23 heavy (non-hydrogen) atoms. The largest absolute Gasteiger partial charge is 0.357 e. The summed E-state index contributed by atoms with van der Waals surface area (Å²) in [5.41, 5.74) is 2.03. The van der Waals surface area contributed by atoms with Crippen LogP contribution in [0, 0.1) is 0 Å². The first-order valence-electron chi connectivity index (χ1n) is 8.10. The fraction of sp³-hybridized carbons (Fsp3) is 0.529. The van der Waals surface area contributed by atoms with E-state index in [0.29, 0.717) is 5.96 Å². The van der Waals surface area contributed by atoms with Crippen molar-refractivity contribution in [2.75, 3.05) is 25.0 Å². The van der Waals surface area contributed by atoms with Crippen molar-refractivity contribution in [3.63, 3.8) is 0 Å². The van der Waals surface area contributed by atoms with Gasteiger partial charge in [0, 0.05) is 18.8 Å². The Labute approximate surface area is 156 Å². The van der Waals surface area contributed by atoms with Crippen LogP contribution in [-0.4, -0.2) is 31.5 Å². The molecule has 130 valence electrons. The normalized spacial score (nSPS) is 10.7. The molecule has 5 nitrogen and oxygen atoms in total. The number of aryl methyl sites for hydroxylation is 1. The number of unbranched alkanes of at least 4 members (excludes halogenated alkanes) is 1. The summed E-state index contributed by atoms with van der Waals surface area (Å²) in [5.74, 6) is 0.578. The van der Waals surface area contributed by atoms with Gasteiger partial charge in [0.25, 0.3) is 0 Å². The van der Waals surface area contributed by atoms with Crippen LogP contribution in [0.1, 0.15) is 39.2 Å². The highest BCUT2D eigenvalue weighted by atomic mass is 127. The van der Waals surface area contributed by atoms with Crippen LogP contribution in [0.2, 0.25) is 0 Å². The van der Waals surface area contributed by atoms with Crippen molar-refractivity contribution in [1.82, 2.24) is 10.6 Å². The van der Waals surface area contributed by atoms with Crippen LogP contribution < -0.4 is 16.0 Å². The maximum Gasteiger partial charge on any atom is 0.246 e. The first-order valence-corrected chi connectivity index (χ1v) is 8.10. The SMILES string of the molecule is CCCCNC(=NCC(=O)Nc1cccc(CC)c1)NCC.I. The van der Waals surface area contributed by atoms with Crippen molar-refractivity contribution < 1.29 is 4.79 Å². The molecule has 1 aromatic rings. The molecule has 0 unspecified atom stereocenters. The summed E-state index contributed by atoms with van der Waals surface area (Å²) < 4.78 is 0. The lowest BCUT2D eigenvalue weighted by Gasteiger charge is -2.11. The quantitative estimate of drug-likeness (QED) is 0.256. The number of benzene rings is 1. The molecule has 0 saturated carbocycles. The van der Waals surface area contributed by atoms with E-state index < -0.39 is 0 Å². The van der Waals surface area contributed by atoms with Crippen molar-refractivity contribution in [3.8, 4) is 0 Å². The van der Waals surface area contributed by atoms with Crippen LogP contribution in [0.4, 0.5) is 5.69 Å². The van der Waals surface area contributed by atoms with Gasteiger partial charge in [-0.25, -0.2) is 4.99 Å². The standard InChI is InChI=1S/C17H28N4O.HI/c1-4-7-11-19-17(18-6-3)20-13-16(22)21-15-10-8-9-14(5-2)12-15;/h8-10,12H,4-7,11,13H2,1-3H3,(H,21,22)(H2,18,19,20);1H. The van der Waals surface area contributed by atoms with Gasteiger partial charge >= 0.3 is 0 Å². The maximum absolute atomic E-state index is 12.0. The number of rotatable bonds is 8. The van der Waals surface area contributed by atoms with E-state index in [1.165, 1.54) is 5.56 Å². The van der Waals surface area contributed by atoms with E-state index in [9.17, 15) is 4.79 Å². The molecule has 0 aromatic heterocycles. The highest BCUT2D eigenvalue weighted by molar-refractivity contribution is 14.0. The third kappa shape index (κ3) is 9.43. The zero-order valence-corrected chi connectivity index (χ0v) is 16.6. The van der Waals surface area contributed by atoms with E-state index in [4.69, 9.17) is 0 Å². The maximum atomic E-state index is 12.0. The second-order valence-corrected chi connectivity index (χ2v) is 5.08. The van der Waals surface area contributed by atoms with Gasteiger partial charge in [0.1, 0.15) is 6.54 Å². The summed E-state index contributed by atoms with van der Waals surface area (Å²) in [7, 11) is 0. The molecule has 0 fully saturated rings. The molecule has 0 spiro atoms. The van der Waals surface area contributed by atoms with E-state index in [0.717, 1.165) is 38.0 Å². The Balaban J connectivity index is 0.00000484. The summed E-state index contributed by atoms with van der Waals surface area (Å²) in [6, 6.07) is 7.89. The van der Waals surface area contributed by atoms with Crippen LogP contribution in [-0.2, 0) is 11.2 Å². The van der Waals surface area contributed by atoms with Crippen molar-refractivity contribution in [3.05, 3.63) is 29.8 Å². The summed E-state index contributed by atoms with van der Waals surface area (Å²) >= 11 is 0. The molecule has 0 saturated heterocycles. The number of carbonyl (C=O) groups is 1. The second-order valence-electron chi connectivity index (χ2n) is 5.08. The molecule has 0 heterocycles. The topological polar surface area (TPSA) is 65.5 Å². The van der Waals surface area contributed by atoms with Crippen LogP contribution in [0.3, 0.4) is 0 Å². The number of halogens is 1. The zero-order chi connectivity index (χ0) is 16.2. The minimum Gasteiger partial charge on any atom is -0.357 e. The molecule has 1 rings (SSSR count). The minimum atomic E-state index is -0.110. The van der Waals surface area contributed by atoms with Crippen LogP contribution >= 0.6 is 24.0 Å². The molecule has 0 aliphatic carbocycles. The minimum absolute atomic E-state index is 0. The Bertz CT molecular complexity index is 491. The number of hydrogen-bond acceptors (Lipinski definition) is 2. The lowest BCUT2D eigenvalue weighted by molar-refractivity contribution is -0.114. The number of carbonyl (C=O) groups excluding carboxylic acids is 1. The van der Waals surface area contributed by atoms with Gasteiger partial charge in [0.2, 0.25) is 5.91 Å². The number of hydrogen-bond donors (Lipinski definition) is 3. The zero-order valence-electron chi connectivity index (χ0n) is 14.3. The molecular formula is C17H29IN4O. The Morgan fingerprint density at radius 3 is 2.61 bits per heavy atom. The second kappa shape index (κ2) is 13.2. The molecule has 6 heteroatoms. The van der Waals surface area contributed by atoms with E-state index >= 15 is 0 Å². The van der Waals surface area contributed by atoms with Crippen LogP contribution in [0.25, 0.3) is 0 Å². The number of nitrogens with zero attached hydrogens (tertiary/aromatic N) is 1.